The Morgan fingerprint density at radius 3 is 2.40 bits per heavy atom. The van der Waals surface area contributed by atoms with Crippen molar-refractivity contribution in [1.82, 2.24) is 14.7 Å². The van der Waals surface area contributed by atoms with Crippen molar-refractivity contribution >= 4 is 11.9 Å². The second kappa shape index (κ2) is 8.94. The van der Waals surface area contributed by atoms with E-state index >= 15 is 0 Å². The van der Waals surface area contributed by atoms with Crippen molar-refractivity contribution in [2.45, 2.75) is 45.7 Å². The highest BCUT2D eigenvalue weighted by atomic mass is 16.5. The van der Waals surface area contributed by atoms with E-state index in [1.807, 2.05) is 24.3 Å². The summed E-state index contributed by atoms with van der Waals surface area (Å²) in [6.07, 6.45) is 1.32. The molecule has 0 N–H and O–H groups in total. The summed E-state index contributed by atoms with van der Waals surface area (Å²) in [6.45, 7) is 10.4. The largest absolute Gasteiger partial charge is 0.497 e. The molecule has 3 amide bonds. The fraction of sp³-hybridized carbons (Fsp3) is 0.652. The molecular weight excluding hydrogens is 382 g/mol. The standard InChI is InChI=1S/C23H35N3O4/c1-22(2,3)17-24-11-9-23(10-12-24)20(27)25(21(28)26(23)13-14-29-4)16-18-7-6-8-19(15-18)30-5/h6-8,15H,9-14,16-17H2,1-5H3. The number of carbonyl (C=O) groups excluding carboxylic acids is 2. The van der Waals surface area contributed by atoms with Crippen molar-refractivity contribution in [2.24, 2.45) is 5.41 Å². The van der Waals surface area contributed by atoms with E-state index in [1.54, 1.807) is 19.1 Å². The third kappa shape index (κ3) is 4.62. The quantitative estimate of drug-likeness (QED) is 0.639. The SMILES string of the molecule is COCCN1C(=O)N(Cc2cccc(OC)c2)C(=O)C12CCN(CC(C)(C)C)CC2. The van der Waals surface area contributed by atoms with Crippen LogP contribution in [-0.2, 0) is 16.1 Å². The summed E-state index contributed by atoms with van der Waals surface area (Å²) in [5, 5.41) is 0. The number of likely N-dealkylation sites (tertiary alicyclic amines) is 1. The molecule has 0 aliphatic carbocycles. The van der Waals surface area contributed by atoms with Gasteiger partial charge in [-0.2, -0.15) is 0 Å². The molecule has 2 heterocycles. The van der Waals surface area contributed by atoms with E-state index in [9.17, 15) is 9.59 Å². The first-order valence-electron chi connectivity index (χ1n) is 10.7. The van der Waals surface area contributed by atoms with E-state index < -0.39 is 5.54 Å². The number of benzene rings is 1. The fourth-order valence-electron chi connectivity index (χ4n) is 4.60. The molecule has 0 saturated carbocycles. The van der Waals surface area contributed by atoms with Gasteiger partial charge < -0.3 is 19.3 Å². The van der Waals surface area contributed by atoms with Crippen molar-refractivity contribution in [2.75, 3.05) is 47.0 Å². The summed E-state index contributed by atoms with van der Waals surface area (Å²) < 4.78 is 10.5. The molecule has 7 nitrogen and oxygen atoms in total. The number of carbonyl (C=O) groups is 2. The molecule has 2 fully saturated rings. The maximum atomic E-state index is 13.6. The molecule has 1 spiro atoms. The predicted molar refractivity (Wildman–Crippen MR) is 115 cm³/mol. The van der Waals surface area contributed by atoms with E-state index in [1.165, 1.54) is 4.90 Å². The molecule has 2 saturated heterocycles. The molecular formula is C23H35N3O4. The van der Waals surface area contributed by atoms with Crippen LogP contribution in [0.25, 0.3) is 0 Å². The molecule has 3 rings (SSSR count). The molecule has 2 aliphatic rings. The zero-order valence-corrected chi connectivity index (χ0v) is 18.9. The second-order valence-electron chi connectivity index (χ2n) is 9.54. The maximum absolute atomic E-state index is 13.6. The molecule has 30 heavy (non-hydrogen) atoms. The van der Waals surface area contributed by atoms with E-state index in [0.29, 0.717) is 31.7 Å². The molecule has 0 bridgehead atoms. The van der Waals surface area contributed by atoms with Gasteiger partial charge in [0.05, 0.1) is 20.3 Å². The first-order chi connectivity index (χ1) is 14.2. The predicted octanol–water partition coefficient (Wildman–Crippen LogP) is 2.99. The number of rotatable bonds is 7. The van der Waals surface area contributed by atoms with Gasteiger partial charge in [-0.25, -0.2) is 4.79 Å². The number of urea groups is 1. The van der Waals surface area contributed by atoms with Crippen LogP contribution in [0, 0.1) is 5.41 Å². The second-order valence-corrected chi connectivity index (χ2v) is 9.54. The van der Waals surface area contributed by atoms with Gasteiger partial charge in [0, 0.05) is 33.3 Å². The lowest BCUT2D eigenvalue weighted by molar-refractivity contribution is -0.136. The summed E-state index contributed by atoms with van der Waals surface area (Å²) in [5.41, 5.74) is 0.321. The summed E-state index contributed by atoms with van der Waals surface area (Å²) in [5.74, 6) is 0.634. The lowest BCUT2D eigenvalue weighted by atomic mass is 9.84. The van der Waals surface area contributed by atoms with Crippen molar-refractivity contribution in [1.29, 1.82) is 0 Å². The average Bonchev–Trinajstić information content (AvgIpc) is 2.89. The molecule has 1 aromatic rings. The Hall–Kier alpha value is -2.12. The molecule has 0 unspecified atom stereocenters. The molecule has 7 heteroatoms. The minimum absolute atomic E-state index is 0.0816. The Kier molecular flexibility index (Phi) is 6.72. The molecule has 166 valence electrons. The zero-order valence-electron chi connectivity index (χ0n) is 18.9. The zero-order chi connectivity index (χ0) is 21.9. The van der Waals surface area contributed by atoms with Crippen LogP contribution in [-0.4, -0.2) is 79.2 Å². The first-order valence-corrected chi connectivity index (χ1v) is 10.7. The highest BCUT2D eigenvalue weighted by Gasteiger charge is 2.57. The van der Waals surface area contributed by atoms with Gasteiger partial charge in [-0.1, -0.05) is 32.9 Å². The van der Waals surface area contributed by atoms with Crippen molar-refractivity contribution < 1.29 is 19.1 Å². The number of ether oxygens (including phenoxy) is 2. The Morgan fingerprint density at radius 1 is 1.10 bits per heavy atom. The van der Waals surface area contributed by atoms with E-state index in [-0.39, 0.29) is 23.9 Å². The Labute approximate surface area is 179 Å². The van der Waals surface area contributed by atoms with E-state index in [2.05, 4.69) is 25.7 Å². The van der Waals surface area contributed by atoms with Crippen LogP contribution in [0.4, 0.5) is 4.79 Å². The molecule has 0 aromatic heterocycles. The monoisotopic (exact) mass is 417 g/mol. The number of nitrogens with zero attached hydrogens (tertiary/aromatic N) is 3. The first kappa shape index (κ1) is 22.6. The van der Waals surface area contributed by atoms with Gasteiger partial charge >= 0.3 is 6.03 Å². The fourth-order valence-corrected chi connectivity index (χ4v) is 4.60. The summed E-state index contributed by atoms with van der Waals surface area (Å²) in [6, 6.07) is 7.30. The topological polar surface area (TPSA) is 62.3 Å². The highest BCUT2D eigenvalue weighted by molar-refractivity contribution is 6.07. The normalized spacial score (nSPS) is 19.8. The number of amides is 3. The lowest BCUT2D eigenvalue weighted by Crippen LogP contribution is -2.57. The molecule has 1 aromatic carbocycles. The van der Waals surface area contributed by atoms with Crippen LogP contribution in [0.3, 0.4) is 0 Å². The number of hydrogen-bond acceptors (Lipinski definition) is 5. The van der Waals surface area contributed by atoms with Crippen LogP contribution in [0.1, 0.15) is 39.2 Å². The number of imide groups is 1. The molecule has 2 aliphatic heterocycles. The van der Waals surface area contributed by atoms with Gasteiger partial charge in [0.15, 0.2) is 0 Å². The van der Waals surface area contributed by atoms with Gasteiger partial charge in [-0.3, -0.25) is 9.69 Å². The van der Waals surface area contributed by atoms with Crippen molar-refractivity contribution in [3.63, 3.8) is 0 Å². The van der Waals surface area contributed by atoms with Gasteiger partial charge in [0.2, 0.25) is 0 Å². The number of hydrogen-bond donors (Lipinski definition) is 0. The summed E-state index contributed by atoms with van der Waals surface area (Å²) in [7, 11) is 3.23. The van der Waals surface area contributed by atoms with Crippen LogP contribution in [0.2, 0.25) is 0 Å². The van der Waals surface area contributed by atoms with Crippen LogP contribution < -0.4 is 4.74 Å². The van der Waals surface area contributed by atoms with Crippen molar-refractivity contribution in [3.05, 3.63) is 29.8 Å². The molecule has 0 radical (unpaired) electrons. The third-order valence-corrected chi connectivity index (χ3v) is 6.00. The van der Waals surface area contributed by atoms with Gasteiger partial charge in [0.1, 0.15) is 11.3 Å². The van der Waals surface area contributed by atoms with E-state index in [0.717, 1.165) is 25.2 Å². The molecule has 0 atom stereocenters. The van der Waals surface area contributed by atoms with Crippen LogP contribution in [0.15, 0.2) is 24.3 Å². The Morgan fingerprint density at radius 2 is 1.80 bits per heavy atom. The number of methoxy groups -OCH3 is 2. The summed E-state index contributed by atoms with van der Waals surface area (Å²) >= 11 is 0. The summed E-state index contributed by atoms with van der Waals surface area (Å²) in [4.78, 5) is 32.5. The van der Waals surface area contributed by atoms with Gasteiger partial charge in [-0.15, -0.1) is 0 Å². The average molecular weight is 418 g/mol. The van der Waals surface area contributed by atoms with Gasteiger partial charge in [-0.05, 0) is 36.0 Å². The van der Waals surface area contributed by atoms with Crippen LogP contribution >= 0.6 is 0 Å². The minimum Gasteiger partial charge on any atom is -0.497 e. The Bertz CT molecular complexity index is 766. The smallest absolute Gasteiger partial charge is 0.328 e. The highest BCUT2D eigenvalue weighted by Crippen LogP contribution is 2.38. The van der Waals surface area contributed by atoms with Crippen LogP contribution in [0.5, 0.6) is 5.75 Å². The van der Waals surface area contributed by atoms with E-state index in [4.69, 9.17) is 9.47 Å². The lowest BCUT2D eigenvalue weighted by Gasteiger charge is -2.43. The van der Waals surface area contributed by atoms with Gasteiger partial charge in [0.25, 0.3) is 5.91 Å². The third-order valence-electron chi connectivity index (χ3n) is 6.00. The number of piperidine rings is 1. The Balaban J connectivity index is 1.81. The maximum Gasteiger partial charge on any atom is 0.328 e. The minimum atomic E-state index is -0.761. The van der Waals surface area contributed by atoms with Crippen molar-refractivity contribution in [3.8, 4) is 5.75 Å².